The summed E-state index contributed by atoms with van der Waals surface area (Å²) in [6, 6.07) is 5.85. The highest BCUT2D eigenvalue weighted by Gasteiger charge is 2.23. The third-order valence-corrected chi connectivity index (χ3v) is 2.51. The van der Waals surface area contributed by atoms with Crippen molar-refractivity contribution in [2.24, 2.45) is 0 Å². The summed E-state index contributed by atoms with van der Waals surface area (Å²) in [5.41, 5.74) is 5.12. The molecule has 2 rings (SSSR count). The van der Waals surface area contributed by atoms with Gasteiger partial charge in [0.1, 0.15) is 5.75 Å². The van der Waals surface area contributed by atoms with Crippen LogP contribution in [0.4, 0.5) is 0 Å². The lowest BCUT2D eigenvalue weighted by molar-refractivity contribution is 0.0610. The van der Waals surface area contributed by atoms with Gasteiger partial charge in [0.25, 0.3) is 0 Å². The van der Waals surface area contributed by atoms with E-state index in [0.717, 1.165) is 24.0 Å². The maximum absolute atomic E-state index is 9.55. The first-order chi connectivity index (χ1) is 6.33. The molecule has 0 aromatic heterocycles. The second-order valence-corrected chi connectivity index (χ2v) is 3.26. The van der Waals surface area contributed by atoms with Crippen LogP contribution in [0.1, 0.15) is 23.6 Å². The third-order valence-electron chi connectivity index (χ3n) is 2.51. The van der Waals surface area contributed by atoms with E-state index in [1.165, 1.54) is 0 Å². The Hall–Kier alpha value is -1.06. The maximum Gasteiger partial charge on any atom is 0.119 e. The molecule has 3 nitrogen and oxygen atoms in total. The lowest BCUT2D eigenvalue weighted by Gasteiger charge is -2.11. The zero-order valence-corrected chi connectivity index (χ0v) is 7.58. The lowest BCUT2D eigenvalue weighted by Crippen LogP contribution is -2.17. The normalized spacial score (nSPS) is 20.2. The predicted molar refractivity (Wildman–Crippen MR) is 49.3 cm³/mol. The molecule has 0 saturated heterocycles. The molecule has 13 heavy (non-hydrogen) atoms. The van der Waals surface area contributed by atoms with Crippen molar-refractivity contribution in [3.8, 4) is 5.75 Å². The number of hydroxylamine groups is 1. The van der Waals surface area contributed by atoms with E-state index < -0.39 is 0 Å². The highest BCUT2D eigenvalue weighted by molar-refractivity contribution is 5.43. The molecule has 0 fully saturated rings. The van der Waals surface area contributed by atoms with Gasteiger partial charge in [0, 0.05) is 0 Å². The Balaban J connectivity index is 2.32. The summed E-state index contributed by atoms with van der Waals surface area (Å²) in [7, 11) is 1.61. The van der Waals surface area contributed by atoms with E-state index in [2.05, 4.69) is 5.48 Å². The Morgan fingerprint density at radius 1 is 1.54 bits per heavy atom. The average molecular weight is 179 g/mol. The van der Waals surface area contributed by atoms with Gasteiger partial charge in [0.05, 0.1) is 13.2 Å². The Labute approximate surface area is 77.3 Å². The minimum atomic E-state index is 0.229. The van der Waals surface area contributed by atoms with Crippen molar-refractivity contribution in [2.45, 2.75) is 18.9 Å². The van der Waals surface area contributed by atoms with Crippen LogP contribution in [0.25, 0.3) is 0 Å². The van der Waals surface area contributed by atoms with E-state index >= 15 is 0 Å². The van der Waals surface area contributed by atoms with Crippen LogP contribution < -0.4 is 5.48 Å². The van der Waals surface area contributed by atoms with Gasteiger partial charge in [0.2, 0.25) is 0 Å². The SMILES string of the molecule is CONC1CCc2c(O)cccc21. The summed E-state index contributed by atoms with van der Waals surface area (Å²) in [6.07, 6.45) is 1.91. The van der Waals surface area contributed by atoms with Crippen LogP contribution in [-0.4, -0.2) is 12.2 Å². The molecule has 0 saturated carbocycles. The molecule has 1 unspecified atom stereocenters. The monoisotopic (exact) mass is 179 g/mol. The largest absolute Gasteiger partial charge is 0.508 e. The van der Waals surface area contributed by atoms with E-state index in [0.29, 0.717) is 5.75 Å². The van der Waals surface area contributed by atoms with E-state index in [4.69, 9.17) is 4.84 Å². The van der Waals surface area contributed by atoms with Crippen LogP contribution in [0, 0.1) is 0 Å². The van der Waals surface area contributed by atoms with Crippen LogP contribution in [0.15, 0.2) is 18.2 Å². The lowest BCUT2D eigenvalue weighted by atomic mass is 10.1. The Kier molecular flexibility index (Phi) is 2.20. The second kappa shape index (κ2) is 3.36. The quantitative estimate of drug-likeness (QED) is 0.676. The van der Waals surface area contributed by atoms with E-state index in [-0.39, 0.29) is 6.04 Å². The molecule has 1 aliphatic carbocycles. The van der Waals surface area contributed by atoms with Crippen molar-refractivity contribution < 1.29 is 9.94 Å². The molecule has 0 bridgehead atoms. The number of fused-ring (bicyclic) bond motifs is 1. The highest BCUT2D eigenvalue weighted by atomic mass is 16.6. The van der Waals surface area contributed by atoms with E-state index in [1.54, 1.807) is 13.2 Å². The second-order valence-electron chi connectivity index (χ2n) is 3.26. The Morgan fingerprint density at radius 2 is 2.38 bits per heavy atom. The summed E-state index contributed by atoms with van der Waals surface area (Å²) in [6.45, 7) is 0. The molecule has 0 spiro atoms. The number of benzene rings is 1. The van der Waals surface area contributed by atoms with Crippen molar-refractivity contribution >= 4 is 0 Å². The fourth-order valence-electron chi connectivity index (χ4n) is 1.90. The fraction of sp³-hybridized carbons (Fsp3) is 0.400. The molecule has 1 aromatic rings. The van der Waals surface area contributed by atoms with Gasteiger partial charge in [-0.2, -0.15) is 5.48 Å². The van der Waals surface area contributed by atoms with Gasteiger partial charge < -0.3 is 9.94 Å². The van der Waals surface area contributed by atoms with Gasteiger partial charge in [-0.05, 0) is 30.0 Å². The minimum Gasteiger partial charge on any atom is -0.508 e. The van der Waals surface area contributed by atoms with Crippen LogP contribution in [-0.2, 0) is 11.3 Å². The van der Waals surface area contributed by atoms with Crippen molar-refractivity contribution in [3.63, 3.8) is 0 Å². The summed E-state index contributed by atoms with van der Waals surface area (Å²) >= 11 is 0. The first-order valence-corrected chi connectivity index (χ1v) is 4.42. The van der Waals surface area contributed by atoms with Gasteiger partial charge in [-0.25, -0.2) is 0 Å². The molecule has 0 radical (unpaired) electrons. The van der Waals surface area contributed by atoms with Crippen LogP contribution in [0.2, 0.25) is 0 Å². The number of nitrogens with one attached hydrogen (secondary N) is 1. The molecular formula is C10H13NO2. The Morgan fingerprint density at radius 3 is 3.15 bits per heavy atom. The minimum absolute atomic E-state index is 0.229. The first kappa shape index (κ1) is 8.53. The van der Waals surface area contributed by atoms with Gasteiger partial charge in [-0.3, -0.25) is 0 Å². The van der Waals surface area contributed by atoms with Crippen molar-refractivity contribution in [3.05, 3.63) is 29.3 Å². The van der Waals surface area contributed by atoms with Gasteiger partial charge in [-0.15, -0.1) is 0 Å². The van der Waals surface area contributed by atoms with Crippen LogP contribution in [0.5, 0.6) is 5.75 Å². The van der Waals surface area contributed by atoms with Crippen molar-refractivity contribution in [1.82, 2.24) is 5.48 Å². The number of phenols is 1. The molecule has 1 atom stereocenters. The molecule has 0 aliphatic heterocycles. The molecule has 0 heterocycles. The van der Waals surface area contributed by atoms with E-state index in [9.17, 15) is 5.11 Å². The number of rotatable bonds is 2. The van der Waals surface area contributed by atoms with E-state index in [1.807, 2.05) is 12.1 Å². The zero-order chi connectivity index (χ0) is 9.26. The molecular weight excluding hydrogens is 166 g/mol. The van der Waals surface area contributed by atoms with Crippen LogP contribution in [0.3, 0.4) is 0 Å². The van der Waals surface area contributed by atoms with Gasteiger partial charge in [0.15, 0.2) is 0 Å². The molecule has 3 heteroatoms. The zero-order valence-electron chi connectivity index (χ0n) is 7.58. The topological polar surface area (TPSA) is 41.5 Å². The summed E-state index contributed by atoms with van der Waals surface area (Å²) < 4.78 is 0. The summed E-state index contributed by atoms with van der Waals surface area (Å²) in [4.78, 5) is 4.89. The number of aromatic hydroxyl groups is 1. The van der Waals surface area contributed by atoms with Crippen LogP contribution >= 0.6 is 0 Å². The standard InChI is InChI=1S/C10H13NO2/c1-13-11-9-6-5-8-7(9)3-2-4-10(8)12/h2-4,9,11-12H,5-6H2,1H3. The Bertz CT molecular complexity index is 312. The van der Waals surface area contributed by atoms with Gasteiger partial charge in [-0.1, -0.05) is 12.1 Å². The first-order valence-electron chi connectivity index (χ1n) is 4.42. The average Bonchev–Trinajstić information content (AvgIpc) is 2.51. The smallest absolute Gasteiger partial charge is 0.119 e. The third kappa shape index (κ3) is 1.41. The predicted octanol–water partition coefficient (Wildman–Crippen LogP) is 1.53. The summed E-state index contributed by atoms with van der Waals surface area (Å²) in [5.74, 6) is 0.401. The highest BCUT2D eigenvalue weighted by Crippen LogP contribution is 2.35. The number of hydrogen-bond acceptors (Lipinski definition) is 3. The number of phenolic OH excluding ortho intramolecular Hbond substituents is 1. The molecule has 2 N–H and O–H groups in total. The molecule has 1 aromatic carbocycles. The maximum atomic E-state index is 9.55. The fourth-order valence-corrected chi connectivity index (χ4v) is 1.90. The van der Waals surface area contributed by atoms with Gasteiger partial charge >= 0.3 is 0 Å². The number of hydrogen-bond donors (Lipinski definition) is 2. The van der Waals surface area contributed by atoms with Crippen molar-refractivity contribution in [1.29, 1.82) is 0 Å². The molecule has 70 valence electrons. The molecule has 0 amide bonds. The molecule has 1 aliphatic rings. The summed E-state index contributed by atoms with van der Waals surface area (Å²) in [5, 5.41) is 9.55. The van der Waals surface area contributed by atoms with Crippen molar-refractivity contribution in [2.75, 3.05) is 7.11 Å².